The van der Waals surface area contributed by atoms with Crippen LogP contribution >= 0.6 is 0 Å². The summed E-state index contributed by atoms with van der Waals surface area (Å²) in [5.74, 6) is 2.00. The monoisotopic (exact) mass is 334 g/mol. The van der Waals surface area contributed by atoms with Crippen LogP contribution in [0.3, 0.4) is 0 Å². The number of sulfone groups is 1. The molecule has 1 N–H and O–H groups in total. The molecule has 2 aromatic heterocycles. The van der Waals surface area contributed by atoms with E-state index in [-0.39, 0.29) is 17.5 Å². The van der Waals surface area contributed by atoms with Gasteiger partial charge in [-0.3, -0.25) is 4.98 Å². The third-order valence-electron chi connectivity index (χ3n) is 3.78. The van der Waals surface area contributed by atoms with Crippen LogP contribution in [0.2, 0.25) is 0 Å². The van der Waals surface area contributed by atoms with Crippen LogP contribution in [0.1, 0.15) is 17.7 Å². The first kappa shape index (κ1) is 15.7. The highest BCUT2D eigenvalue weighted by molar-refractivity contribution is 7.91. The molecule has 1 unspecified atom stereocenters. The molecular formula is C15H18N4O3S. The lowest BCUT2D eigenvalue weighted by Crippen LogP contribution is -2.22. The molecule has 1 saturated heterocycles. The summed E-state index contributed by atoms with van der Waals surface area (Å²) in [5.41, 5.74) is 1.50. The van der Waals surface area contributed by atoms with Gasteiger partial charge in [-0.05, 0) is 32.4 Å². The first-order valence-corrected chi connectivity index (χ1v) is 9.15. The molecular weight excluding hydrogens is 316 g/mol. The Bertz CT molecular complexity index is 823. The number of aryl methyl sites for hydroxylation is 1. The Balaban J connectivity index is 1.80. The highest BCUT2D eigenvalue weighted by atomic mass is 32.2. The van der Waals surface area contributed by atoms with Gasteiger partial charge in [0.15, 0.2) is 15.6 Å². The second-order valence-corrected chi connectivity index (χ2v) is 7.81. The zero-order valence-corrected chi connectivity index (χ0v) is 13.8. The predicted molar refractivity (Wildman–Crippen MR) is 86.5 cm³/mol. The van der Waals surface area contributed by atoms with Gasteiger partial charge in [-0.1, -0.05) is 0 Å². The fraction of sp³-hybridized carbons (Fsp3) is 0.400. The molecule has 0 amide bonds. The van der Waals surface area contributed by atoms with Crippen LogP contribution in [0, 0.1) is 13.8 Å². The maximum absolute atomic E-state index is 11.6. The summed E-state index contributed by atoms with van der Waals surface area (Å²) in [4.78, 5) is 12.5. The molecule has 0 bridgehead atoms. The minimum Gasteiger partial charge on any atom is -0.437 e. The zero-order valence-electron chi connectivity index (χ0n) is 13.0. The predicted octanol–water partition coefficient (Wildman–Crippen LogP) is 1.88. The number of pyridine rings is 1. The van der Waals surface area contributed by atoms with Crippen LogP contribution < -0.4 is 10.1 Å². The molecule has 7 nitrogen and oxygen atoms in total. The summed E-state index contributed by atoms with van der Waals surface area (Å²) in [6.45, 7) is 3.70. The number of rotatable bonds is 4. The highest BCUT2D eigenvalue weighted by Crippen LogP contribution is 2.28. The third kappa shape index (κ3) is 3.58. The van der Waals surface area contributed by atoms with Gasteiger partial charge in [0.1, 0.15) is 12.1 Å². The summed E-state index contributed by atoms with van der Waals surface area (Å²) >= 11 is 0. The molecule has 3 heterocycles. The van der Waals surface area contributed by atoms with Crippen molar-refractivity contribution in [1.29, 1.82) is 0 Å². The SMILES string of the molecule is Cc1ncccc1Oc1ncnc(NC2CCS(=O)(=O)C2)c1C. The van der Waals surface area contributed by atoms with E-state index in [0.29, 0.717) is 23.9 Å². The van der Waals surface area contributed by atoms with E-state index in [9.17, 15) is 8.42 Å². The fourth-order valence-electron chi connectivity index (χ4n) is 2.47. The Labute approximate surface area is 135 Å². The van der Waals surface area contributed by atoms with Crippen LogP contribution in [-0.2, 0) is 9.84 Å². The van der Waals surface area contributed by atoms with Crippen molar-refractivity contribution in [1.82, 2.24) is 15.0 Å². The second kappa shape index (κ2) is 6.11. The van der Waals surface area contributed by atoms with E-state index in [1.165, 1.54) is 6.33 Å². The third-order valence-corrected chi connectivity index (χ3v) is 5.54. The van der Waals surface area contributed by atoms with Crippen molar-refractivity contribution < 1.29 is 13.2 Å². The lowest BCUT2D eigenvalue weighted by molar-refractivity contribution is 0.451. The quantitative estimate of drug-likeness (QED) is 0.912. The maximum Gasteiger partial charge on any atom is 0.227 e. The lowest BCUT2D eigenvalue weighted by Gasteiger charge is -2.15. The second-order valence-electron chi connectivity index (χ2n) is 5.59. The number of aromatic nitrogens is 3. The molecule has 1 aliphatic heterocycles. The minimum absolute atomic E-state index is 0.124. The summed E-state index contributed by atoms with van der Waals surface area (Å²) in [7, 11) is -2.94. The zero-order chi connectivity index (χ0) is 16.4. The Morgan fingerprint density at radius 2 is 2.09 bits per heavy atom. The average molecular weight is 334 g/mol. The van der Waals surface area contributed by atoms with E-state index in [0.717, 1.165) is 11.3 Å². The molecule has 0 saturated carbocycles. The normalized spacial score (nSPS) is 19.5. The summed E-state index contributed by atoms with van der Waals surface area (Å²) in [6.07, 6.45) is 3.69. The van der Waals surface area contributed by atoms with Crippen molar-refractivity contribution in [2.24, 2.45) is 0 Å². The van der Waals surface area contributed by atoms with Gasteiger partial charge in [-0.15, -0.1) is 0 Å². The van der Waals surface area contributed by atoms with Crippen molar-refractivity contribution in [3.05, 3.63) is 35.9 Å². The number of hydrogen-bond donors (Lipinski definition) is 1. The van der Waals surface area contributed by atoms with Gasteiger partial charge >= 0.3 is 0 Å². The van der Waals surface area contributed by atoms with Crippen molar-refractivity contribution in [2.75, 3.05) is 16.8 Å². The fourth-order valence-corrected chi connectivity index (χ4v) is 4.14. The number of nitrogens with one attached hydrogen (secondary N) is 1. The Morgan fingerprint density at radius 1 is 1.26 bits per heavy atom. The van der Waals surface area contributed by atoms with Gasteiger partial charge in [0.25, 0.3) is 0 Å². The number of hydrogen-bond acceptors (Lipinski definition) is 7. The number of anilines is 1. The van der Waals surface area contributed by atoms with E-state index in [1.54, 1.807) is 12.3 Å². The molecule has 1 fully saturated rings. The Kier molecular flexibility index (Phi) is 4.16. The van der Waals surface area contributed by atoms with Gasteiger partial charge in [0, 0.05) is 12.2 Å². The van der Waals surface area contributed by atoms with Crippen LogP contribution in [0.25, 0.3) is 0 Å². The van der Waals surface area contributed by atoms with Gasteiger partial charge in [-0.2, -0.15) is 0 Å². The summed E-state index contributed by atoms with van der Waals surface area (Å²) in [5, 5.41) is 3.18. The first-order valence-electron chi connectivity index (χ1n) is 7.32. The molecule has 0 aliphatic carbocycles. The van der Waals surface area contributed by atoms with Gasteiger partial charge in [-0.25, -0.2) is 18.4 Å². The largest absolute Gasteiger partial charge is 0.437 e. The standard InChI is InChI=1S/C15H18N4O3S/c1-10-14(19-12-5-7-23(20,21)8-12)17-9-18-15(10)22-13-4-3-6-16-11(13)2/h3-4,6,9,12H,5,7-8H2,1-2H3,(H,17,18,19). The van der Waals surface area contributed by atoms with E-state index in [2.05, 4.69) is 20.3 Å². The smallest absolute Gasteiger partial charge is 0.227 e. The minimum atomic E-state index is -2.94. The van der Waals surface area contributed by atoms with Crippen LogP contribution in [0.15, 0.2) is 24.7 Å². The summed E-state index contributed by atoms with van der Waals surface area (Å²) in [6, 6.07) is 3.49. The van der Waals surface area contributed by atoms with Crippen molar-refractivity contribution >= 4 is 15.7 Å². The molecule has 0 radical (unpaired) electrons. The molecule has 8 heteroatoms. The van der Waals surface area contributed by atoms with Gasteiger partial charge in [0.05, 0.1) is 22.8 Å². The molecule has 1 aliphatic rings. The molecule has 3 rings (SSSR count). The van der Waals surface area contributed by atoms with Gasteiger partial charge in [0.2, 0.25) is 5.88 Å². The molecule has 23 heavy (non-hydrogen) atoms. The summed E-state index contributed by atoms with van der Waals surface area (Å²) < 4.78 is 28.9. The molecule has 0 spiro atoms. The van der Waals surface area contributed by atoms with Crippen LogP contribution in [0.5, 0.6) is 11.6 Å². The molecule has 122 valence electrons. The number of nitrogens with zero attached hydrogens (tertiary/aromatic N) is 3. The van der Waals surface area contributed by atoms with E-state index in [4.69, 9.17) is 4.74 Å². The van der Waals surface area contributed by atoms with E-state index >= 15 is 0 Å². The van der Waals surface area contributed by atoms with Crippen molar-refractivity contribution in [3.8, 4) is 11.6 Å². The Hall–Kier alpha value is -2.22. The molecule has 0 aromatic carbocycles. The van der Waals surface area contributed by atoms with Crippen molar-refractivity contribution in [3.63, 3.8) is 0 Å². The van der Waals surface area contributed by atoms with Crippen LogP contribution in [-0.4, -0.2) is 40.9 Å². The van der Waals surface area contributed by atoms with Gasteiger partial charge < -0.3 is 10.1 Å². The number of ether oxygens (including phenoxy) is 1. The lowest BCUT2D eigenvalue weighted by atomic mass is 10.2. The average Bonchev–Trinajstić information content (AvgIpc) is 2.84. The molecule has 1 atom stereocenters. The topological polar surface area (TPSA) is 94.1 Å². The Morgan fingerprint density at radius 3 is 2.78 bits per heavy atom. The highest BCUT2D eigenvalue weighted by Gasteiger charge is 2.28. The van der Waals surface area contributed by atoms with Crippen LogP contribution in [0.4, 0.5) is 5.82 Å². The maximum atomic E-state index is 11.6. The molecule has 2 aromatic rings. The van der Waals surface area contributed by atoms with E-state index in [1.807, 2.05) is 19.9 Å². The van der Waals surface area contributed by atoms with Crippen molar-refractivity contribution in [2.45, 2.75) is 26.3 Å². The first-order chi connectivity index (χ1) is 10.9. The van der Waals surface area contributed by atoms with E-state index < -0.39 is 9.84 Å².